The summed E-state index contributed by atoms with van der Waals surface area (Å²) in [4.78, 5) is 2.26. The Hall–Kier alpha value is -2.74. The number of ether oxygens (including phenoxy) is 1. The van der Waals surface area contributed by atoms with Gasteiger partial charge in [0.25, 0.3) is 0 Å². The third-order valence-electron chi connectivity index (χ3n) is 3.95. The monoisotopic (exact) mass is 287 g/mol. The maximum Gasteiger partial charge on any atom is 0.151 e. The summed E-state index contributed by atoms with van der Waals surface area (Å²) in [5.41, 5.74) is 5.69. The van der Waals surface area contributed by atoms with Crippen LogP contribution in [-0.2, 0) is 0 Å². The van der Waals surface area contributed by atoms with Crippen molar-refractivity contribution in [1.82, 2.24) is 0 Å². The maximum atomic E-state index is 6.15. The smallest absolute Gasteiger partial charge is 0.151 e. The molecule has 0 N–H and O–H groups in total. The van der Waals surface area contributed by atoms with Crippen molar-refractivity contribution in [2.45, 2.75) is 13.8 Å². The average molecular weight is 287 g/mol. The van der Waals surface area contributed by atoms with Gasteiger partial charge in [0.1, 0.15) is 0 Å². The molecule has 3 aromatic carbocycles. The molecule has 0 aliphatic carbocycles. The van der Waals surface area contributed by atoms with Gasteiger partial charge in [-0.05, 0) is 61.4 Å². The highest BCUT2D eigenvalue weighted by molar-refractivity contribution is 5.86. The molecule has 4 rings (SSSR count). The molecule has 108 valence electrons. The van der Waals surface area contributed by atoms with E-state index in [9.17, 15) is 0 Å². The lowest BCUT2D eigenvalue weighted by molar-refractivity contribution is 0.476. The van der Waals surface area contributed by atoms with E-state index in [4.69, 9.17) is 4.74 Å². The van der Waals surface area contributed by atoms with Gasteiger partial charge in [0.05, 0.1) is 11.4 Å². The normalized spacial score (nSPS) is 12.4. The van der Waals surface area contributed by atoms with Gasteiger partial charge in [0.2, 0.25) is 0 Å². The molecule has 0 radical (unpaired) electrons. The van der Waals surface area contributed by atoms with Gasteiger partial charge >= 0.3 is 0 Å². The lowest BCUT2D eigenvalue weighted by atomic mass is 10.1. The highest BCUT2D eigenvalue weighted by atomic mass is 16.5. The lowest BCUT2D eigenvalue weighted by Crippen LogP contribution is -2.15. The Kier molecular flexibility index (Phi) is 2.90. The van der Waals surface area contributed by atoms with Crippen LogP contribution in [0.25, 0.3) is 0 Å². The van der Waals surface area contributed by atoms with Crippen LogP contribution in [-0.4, -0.2) is 0 Å². The van der Waals surface area contributed by atoms with E-state index in [1.165, 1.54) is 11.1 Å². The van der Waals surface area contributed by atoms with Crippen molar-refractivity contribution in [3.63, 3.8) is 0 Å². The van der Waals surface area contributed by atoms with Gasteiger partial charge in [-0.1, -0.05) is 30.3 Å². The molecule has 1 aliphatic heterocycles. The number of hydrogen-bond acceptors (Lipinski definition) is 2. The molecule has 0 bridgehead atoms. The van der Waals surface area contributed by atoms with E-state index in [-0.39, 0.29) is 0 Å². The second-order valence-electron chi connectivity index (χ2n) is 5.72. The van der Waals surface area contributed by atoms with Crippen LogP contribution in [0.2, 0.25) is 0 Å². The predicted molar refractivity (Wildman–Crippen MR) is 90.7 cm³/mol. The van der Waals surface area contributed by atoms with Crippen molar-refractivity contribution in [1.29, 1.82) is 0 Å². The van der Waals surface area contributed by atoms with E-state index < -0.39 is 0 Å². The van der Waals surface area contributed by atoms with Crippen LogP contribution in [0.15, 0.2) is 66.7 Å². The zero-order valence-corrected chi connectivity index (χ0v) is 12.7. The van der Waals surface area contributed by atoms with Crippen molar-refractivity contribution < 1.29 is 4.74 Å². The molecule has 0 aromatic heterocycles. The zero-order valence-electron chi connectivity index (χ0n) is 12.7. The molecule has 0 fully saturated rings. The maximum absolute atomic E-state index is 6.15. The molecule has 22 heavy (non-hydrogen) atoms. The highest BCUT2D eigenvalue weighted by Crippen LogP contribution is 2.50. The molecule has 0 unspecified atom stereocenters. The number of hydrogen-bond donors (Lipinski definition) is 0. The van der Waals surface area contributed by atoms with E-state index in [0.29, 0.717) is 0 Å². The highest BCUT2D eigenvalue weighted by Gasteiger charge is 2.25. The van der Waals surface area contributed by atoms with Crippen molar-refractivity contribution in [3.05, 3.63) is 77.9 Å². The van der Waals surface area contributed by atoms with Crippen molar-refractivity contribution in [2.24, 2.45) is 0 Å². The van der Waals surface area contributed by atoms with Gasteiger partial charge in [-0.3, -0.25) is 0 Å². The standard InChI is InChI=1S/C20H17NO/c1-14-8-10-17-19(12-14)22-20-13-15(2)9-11-18(20)21(17)16-6-4-3-5-7-16/h3-13H,1-2H3. The Balaban J connectivity index is 1.97. The predicted octanol–water partition coefficient (Wildman–Crippen LogP) is 5.88. The third-order valence-corrected chi connectivity index (χ3v) is 3.95. The summed E-state index contributed by atoms with van der Waals surface area (Å²) in [5, 5.41) is 0. The molecule has 0 saturated heterocycles. The van der Waals surface area contributed by atoms with E-state index in [1.807, 2.05) is 6.07 Å². The summed E-state index contributed by atoms with van der Waals surface area (Å²) >= 11 is 0. The molecular weight excluding hydrogens is 270 g/mol. The fourth-order valence-electron chi connectivity index (χ4n) is 2.88. The van der Waals surface area contributed by atoms with Gasteiger partial charge in [-0.15, -0.1) is 0 Å². The Labute approximate surface area is 130 Å². The largest absolute Gasteiger partial charge is 0.453 e. The fourth-order valence-corrected chi connectivity index (χ4v) is 2.88. The number of aryl methyl sites for hydroxylation is 2. The molecule has 0 atom stereocenters. The molecular formula is C20H17NO. The van der Waals surface area contributed by atoms with Crippen molar-refractivity contribution in [2.75, 3.05) is 4.90 Å². The number of fused-ring (bicyclic) bond motifs is 2. The molecule has 0 spiro atoms. The second-order valence-corrected chi connectivity index (χ2v) is 5.72. The van der Waals surface area contributed by atoms with Crippen molar-refractivity contribution in [3.8, 4) is 11.5 Å². The average Bonchev–Trinajstić information content (AvgIpc) is 2.53. The first kappa shape index (κ1) is 13.0. The van der Waals surface area contributed by atoms with Crippen LogP contribution in [0.1, 0.15) is 11.1 Å². The zero-order chi connectivity index (χ0) is 15.1. The summed E-state index contributed by atoms with van der Waals surface area (Å²) in [6, 6.07) is 23.1. The Morgan fingerprint density at radius 1 is 0.682 bits per heavy atom. The molecule has 1 heterocycles. The number of anilines is 3. The van der Waals surface area contributed by atoms with Crippen LogP contribution < -0.4 is 9.64 Å². The van der Waals surface area contributed by atoms with Gasteiger partial charge in [-0.25, -0.2) is 0 Å². The molecule has 1 aliphatic rings. The van der Waals surface area contributed by atoms with Gasteiger partial charge in [-0.2, -0.15) is 0 Å². The molecule has 3 aromatic rings. The first-order valence-electron chi connectivity index (χ1n) is 7.47. The summed E-state index contributed by atoms with van der Waals surface area (Å²) in [6.07, 6.45) is 0. The number of nitrogens with zero attached hydrogens (tertiary/aromatic N) is 1. The molecule has 2 nitrogen and oxygen atoms in total. The minimum atomic E-state index is 0.905. The van der Waals surface area contributed by atoms with Gasteiger partial charge < -0.3 is 9.64 Å². The van der Waals surface area contributed by atoms with Crippen LogP contribution in [0.5, 0.6) is 11.5 Å². The Bertz CT molecular complexity index is 788. The molecule has 2 heteroatoms. The van der Waals surface area contributed by atoms with E-state index in [2.05, 4.69) is 79.4 Å². The topological polar surface area (TPSA) is 12.5 Å². The summed E-state index contributed by atoms with van der Waals surface area (Å²) < 4.78 is 6.15. The van der Waals surface area contributed by atoms with Gasteiger partial charge in [0.15, 0.2) is 11.5 Å². The van der Waals surface area contributed by atoms with E-state index >= 15 is 0 Å². The Morgan fingerprint density at radius 3 is 1.77 bits per heavy atom. The molecule has 0 amide bonds. The number of benzene rings is 3. The second kappa shape index (κ2) is 4.92. The lowest BCUT2D eigenvalue weighted by Gasteiger charge is -2.33. The number of rotatable bonds is 1. The number of para-hydroxylation sites is 1. The summed E-state index contributed by atoms with van der Waals surface area (Å²) in [5.74, 6) is 1.81. The fraction of sp³-hybridized carbons (Fsp3) is 0.100. The quantitative estimate of drug-likeness (QED) is 0.433. The van der Waals surface area contributed by atoms with Crippen LogP contribution in [0.4, 0.5) is 17.1 Å². The van der Waals surface area contributed by atoms with Crippen LogP contribution in [0, 0.1) is 13.8 Å². The third kappa shape index (κ3) is 2.04. The minimum Gasteiger partial charge on any atom is -0.453 e. The Morgan fingerprint density at radius 2 is 1.23 bits per heavy atom. The van der Waals surface area contributed by atoms with Crippen LogP contribution in [0.3, 0.4) is 0 Å². The summed E-state index contributed by atoms with van der Waals surface area (Å²) in [7, 11) is 0. The molecule has 0 saturated carbocycles. The van der Waals surface area contributed by atoms with E-state index in [0.717, 1.165) is 28.6 Å². The summed E-state index contributed by atoms with van der Waals surface area (Å²) in [6.45, 7) is 4.17. The first-order chi connectivity index (χ1) is 10.7. The van der Waals surface area contributed by atoms with Crippen LogP contribution >= 0.6 is 0 Å². The first-order valence-corrected chi connectivity index (χ1v) is 7.47. The SMILES string of the molecule is Cc1ccc2c(c1)Oc1cc(C)ccc1N2c1ccccc1. The van der Waals surface area contributed by atoms with Gasteiger partial charge in [0, 0.05) is 5.69 Å². The van der Waals surface area contributed by atoms with Crippen molar-refractivity contribution >= 4 is 17.1 Å². The van der Waals surface area contributed by atoms with E-state index in [1.54, 1.807) is 0 Å². The minimum absolute atomic E-state index is 0.905.